The fourth-order valence-corrected chi connectivity index (χ4v) is 1.28. The van der Waals surface area contributed by atoms with Gasteiger partial charge in [0.1, 0.15) is 5.82 Å². The van der Waals surface area contributed by atoms with Crippen LogP contribution < -0.4 is 4.74 Å². The van der Waals surface area contributed by atoms with Crippen molar-refractivity contribution >= 4 is 11.6 Å². The van der Waals surface area contributed by atoms with E-state index in [4.69, 9.17) is 16.3 Å². The summed E-state index contributed by atoms with van der Waals surface area (Å²) in [5, 5.41) is 7.39. The summed E-state index contributed by atoms with van der Waals surface area (Å²) in [7, 11) is 0. The van der Waals surface area contributed by atoms with Crippen molar-refractivity contribution in [2.75, 3.05) is 0 Å². The molecule has 0 saturated carbocycles. The molecule has 0 atom stereocenters. The number of alkyl halides is 1. The first kappa shape index (κ1) is 11.7. The van der Waals surface area contributed by atoms with Crippen molar-refractivity contribution in [2.24, 2.45) is 0 Å². The molecule has 3 nitrogen and oxygen atoms in total. The number of aromatic nitrogens is 2. The quantitative estimate of drug-likeness (QED) is 0.791. The number of ether oxygens (including phenoxy) is 1. The van der Waals surface area contributed by atoms with Gasteiger partial charge in [-0.25, -0.2) is 8.78 Å². The van der Waals surface area contributed by atoms with E-state index >= 15 is 0 Å². The first-order valence-electron chi connectivity index (χ1n) is 4.70. The van der Waals surface area contributed by atoms with E-state index < -0.39 is 11.6 Å². The van der Waals surface area contributed by atoms with Crippen LogP contribution in [0.1, 0.15) is 5.69 Å². The number of hydrogen-bond donors (Lipinski definition) is 0. The summed E-state index contributed by atoms with van der Waals surface area (Å²) in [6, 6.07) is 5.99. The van der Waals surface area contributed by atoms with Crippen LogP contribution in [-0.4, -0.2) is 10.2 Å². The molecule has 1 aromatic heterocycles. The Balaban J connectivity index is 2.22. The SMILES string of the molecule is Fc1ccc(F)c(Oc2ccc(CCl)nn2)c1. The van der Waals surface area contributed by atoms with Crippen molar-refractivity contribution in [2.45, 2.75) is 5.88 Å². The lowest BCUT2D eigenvalue weighted by Crippen LogP contribution is -1.95. The highest BCUT2D eigenvalue weighted by molar-refractivity contribution is 6.16. The maximum Gasteiger partial charge on any atom is 0.239 e. The molecule has 88 valence electrons. The molecule has 1 aromatic carbocycles. The van der Waals surface area contributed by atoms with Crippen molar-refractivity contribution in [3.05, 3.63) is 47.7 Å². The van der Waals surface area contributed by atoms with Crippen LogP contribution in [-0.2, 0) is 5.88 Å². The molecule has 0 radical (unpaired) electrons. The molecule has 0 N–H and O–H groups in total. The normalized spacial score (nSPS) is 10.3. The molecular formula is C11H7ClF2N2O. The molecule has 0 amide bonds. The van der Waals surface area contributed by atoms with Crippen molar-refractivity contribution in [3.63, 3.8) is 0 Å². The molecule has 0 bridgehead atoms. The van der Waals surface area contributed by atoms with Gasteiger partial charge in [-0.05, 0) is 18.2 Å². The third kappa shape index (κ3) is 2.88. The van der Waals surface area contributed by atoms with Crippen molar-refractivity contribution in [1.82, 2.24) is 10.2 Å². The Labute approximate surface area is 101 Å². The topological polar surface area (TPSA) is 35.0 Å². The minimum Gasteiger partial charge on any atom is -0.434 e. The van der Waals surface area contributed by atoms with Gasteiger partial charge >= 0.3 is 0 Å². The largest absolute Gasteiger partial charge is 0.434 e. The van der Waals surface area contributed by atoms with E-state index in [0.717, 1.165) is 18.2 Å². The van der Waals surface area contributed by atoms with Gasteiger partial charge in [-0.15, -0.1) is 16.7 Å². The number of rotatable bonds is 3. The lowest BCUT2D eigenvalue weighted by molar-refractivity contribution is 0.416. The lowest BCUT2D eigenvalue weighted by Gasteiger charge is -2.05. The fraction of sp³-hybridized carbons (Fsp3) is 0.0909. The van der Waals surface area contributed by atoms with E-state index in [-0.39, 0.29) is 17.5 Å². The van der Waals surface area contributed by atoms with Gasteiger partial charge in [-0.2, -0.15) is 5.10 Å². The molecule has 0 unspecified atom stereocenters. The molecule has 0 aliphatic carbocycles. The summed E-state index contributed by atoms with van der Waals surface area (Å²) >= 11 is 5.53. The zero-order valence-corrected chi connectivity index (χ0v) is 9.29. The van der Waals surface area contributed by atoms with Crippen LogP contribution in [0.2, 0.25) is 0 Å². The Morgan fingerprint density at radius 3 is 2.59 bits per heavy atom. The van der Waals surface area contributed by atoms with E-state index in [1.807, 2.05) is 0 Å². The van der Waals surface area contributed by atoms with Crippen LogP contribution in [0.4, 0.5) is 8.78 Å². The van der Waals surface area contributed by atoms with Crippen molar-refractivity contribution in [1.29, 1.82) is 0 Å². The van der Waals surface area contributed by atoms with Gasteiger partial charge in [-0.3, -0.25) is 0 Å². The van der Waals surface area contributed by atoms with Crippen LogP contribution >= 0.6 is 11.6 Å². The molecule has 0 saturated heterocycles. The second-order valence-electron chi connectivity index (χ2n) is 3.17. The third-order valence-corrected chi connectivity index (χ3v) is 2.21. The van der Waals surface area contributed by atoms with Gasteiger partial charge in [0.05, 0.1) is 11.6 Å². The van der Waals surface area contributed by atoms with E-state index in [2.05, 4.69) is 10.2 Å². The van der Waals surface area contributed by atoms with Gasteiger partial charge in [0, 0.05) is 12.1 Å². The number of nitrogens with zero attached hydrogens (tertiary/aromatic N) is 2. The van der Waals surface area contributed by atoms with Crippen molar-refractivity contribution < 1.29 is 13.5 Å². The zero-order valence-electron chi connectivity index (χ0n) is 8.53. The van der Waals surface area contributed by atoms with Crippen molar-refractivity contribution in [3.8, 4) is 11.6 Å². The zero-order chi connectivity index (χ0) is 12.3. The minimum absolute atomic E-state index is 0.0726. The highest BCUT2D eigenvalue weighted by Gasteiger charge is 2.07. The Morgan fingerprint density at radius 1 is 1.12 bits per heavy atom. The van der Waals surface area contributed by atoms with Crippen LogP contribution in [0.5, 0.6) is 11.6 Å². The monoisotopic (exact) mass is 256 g/mol. The summed E-state index contributed by atoms with van der Waals surface area (Å²) in [6.07, 6.45) is 0. The van der Waals surface area contributed by atoms with E-state index in [0.29, 0.717) is 5.69 Å². The average Bonchev–Trinajstić information content (AvgIpc) is 2.35. The molecule has 1 heterocycles. The van der Waals surface area contributed by atoms with Gasteiger partial charge in [0.15, 0.2) is 11.6 Å². The number of halogens is 3. The second kappa shape index (κ2) is 5.05. The molecule has 17 heavy (non-hydrogen) atoms. The number of hydrogen-bond acceptors (Lipinski definition) is 3. The summed E-state index contributed by atoms with van der Waals surface area (Å²) < 4.78 is 31.2. The van der Waals surface area contributed by atoms with Crippen LogP contribution in [0.25, 0.3) is 0 Å². The lowest BCUT2D eigenvalue weighted by atomic mass is 10.3. The minimum atomic E-state index is -0.672. The van der Waals surface area contributed by atoms with E-state index in [1.54, 1.807) is 6.07 Å². The molecular weight excluding hydrogens is 250 g/mol. The molecule has 0 aliphatic heterocycles. The first-order valence-corrected chi connectivity index (χ1v) is 5.24. The van der Waals surface area contributed by atoms with E-state index in [1.165, 1.54) is 6.07 Å². The highest BCUT2D eigenvalue weighted by atomic mass is 35.5. The Kier molecular flexibility index (Phi) is 3.49. The smallest absolute Gasteiger partial charge is 0.239 e. The van der Waals surface area contributed by atoms with Crippen LogP contribution in [0, 0.1) is 11.6 Å². The second-order valence-corrected chi connectivity index (χ2v) is 3.44. The van der Waals surface area contributed by atoms with Crippen LogP contribution in [0.15, 0.2) is 30.3 Å². The molecule has 0 aliphatic rings. The summed E-state index contributed by atoms with van der Waals surface area (Å²) in [4.78, 5) is 0. The predicted octanol–water partition coefficient (Wildman–Crippen LogP) is 3.29. The van der Waals surface area contributed by atoms with E-state index in [9.17, 15) is 8.78 Å². The molecule has 2 rings (SSSR count). The Morgan fingerprint density at radius 2 is 1.94 bits per heavy atom. The van der Waals surface area contributed by atoms with Gasteiger partial charge < -0.3 is 4.74 Å². The summed E-state index contributed by atoms with van der Waals surface area (Å²) in [6.45, 7) is 0. The summed E-state index contributed by atoms with van der Waals surface area (Å²) in [5.41, 5.74) is 0.568. The maximum absolute atomic E-state index is 13.2. The fourth-order valence-electron chi connectivity index (χ4n) is 1.14. The predicted molar refractivity (Wildman–Crippen MR) is 58.0 cm³/mol. The molecule has 0 fully saturated rings. The Bertz CT molecular complexity index is 519. The Hall–Kier alpha value is -1.75. The van der Waals surface area contributed by atoms with Gasteiger partial charge in [0.2, 0.25) is 5.88 Å². The van der Waals surface area contributed by atoms with Gasteiger partial charge in [-0.1, -0.05) is 0 Å². The standard InChI is InChI=1S/C11H7ClF2N2O/c12-6-8-2-4-11(16-15-8)17-10-5-7(13)1-3-9(10)14/h1-5H,6H2. The first-order chi connectivity index (χ1) is 8.19. The number of benzene rings is 1. The highest BCUT2D eigenvalue weighted by Crippen LogP contribution is 2.23. The van der Waals surface area contributed by atoms with Gasteiger partial charge in [0.25, 0.3) is 0 Å². The average molecular weight is 257 g/mol. The summed E-state index contributed by atoms with van der Waals surface area (Å²) in [5.74, 6) is -1.20. The molecule has 0 spiro atoms. The third-order valence-electron chi connectivity index (χ3n) is 1.94. The molecule has 6 heteroatoms. The molecule has 2 aromatic rings. The maximum atomic E-state index is 13.2. The van der Waals surface area contributed by atoms with Crippen LogP contribution in [0.3, 0.4) is 0 Å².